The van der Waals surface area contributed by atoms with Gasteiger partial charge in [-0.25, -0.2) is 14.2 Å². The summed E-state index contributed by atoms with van der Waals surface area (Å²) in [5, 5.41) is 9.61. The molecule has 100 valence electrons. The van der Waals surface area contributed by atoms with Crippen LogP contribution in [-0.2, 0) is 0 Å². The predicted molar refractivity (Wildman–Crippen MR) is 72.4 cm³/mol. The van der Waals surface area contributed by atoms with E-state index in [9.17, 15) is 14.3 Å². The van der Waals surface area contributed by atoms with E-state index in [0.717, 1.165) is 6.42 Å². The number of carboxylic acid groups (broad SMARTS) is 1. The smallest absolute Gasteiger partial charge is 0.336 e. The van der Waals surface area contributed by atoms with Crippen LogP contribution in [0.4, 0.5) is 4.39 Å². The summed E-state index contributed by atoms with van der Waals surface area (Å²) in [6, 6.07) is 4.02. The lowest BCUT2D eigenvalue weighted by Gasteiger charge is -2.12. The van der Waals surface area contributed by atoms with Crippen molar-refractivity contribution in [2.75, 3.05) is 0 Å². The highest BCUT2D eigenvalue weighted by molar-refractivity contribution is 6.36. The number of rotatable bonds is 3. The second-order valence-electron chi connectivity index (χ2n) is 4.46. The predicted octanol–water partition coefficient (Wildman–Crippen LogP) is 4.24. The lowest BCUT2D eigenvalue weighted by molar-refractivity contribution is 0.0699. The molecule has 0 aliphatic carbocycles. The average molecular weight is 282 g/mol. The van der Waals surface area contributed by atoms with Crippen molar-refractivity contribution in [1.29, 1.82) is 0 Å². The van der Waals surface area contributed by atoms with Crippen LogP contribution in [0.5, 0.6) is 0 Å². The van der Waals surface area contributed by atoms with Crippen molar-refractivity contribution >= 4 is 28.5 Å². The SMILES string of the molecule is CCC(C)c1cc(C(=O)O)c2c(Cl)ccc(F)c2n1. The number of carboxylic acids is 1. The zero-order chi connectivity index (χ0) is 14.2. The second-order valence-corrected chi connectivity index (χ2v) is 4.87. The molecule has 0 fully saturated rings. The fraction of sp³-hybridized carbons (Fsp3) is 0.286. The summed E-state index contributed by atoms with van der Waals surface area (Å²) in [5.41, 5.74) is 0.570. The van der Waals surface area contributed by atoms with Crippen molar-refractivity contribution in [2.24, 2.45) is 0 Å². The van der Waals surface area contributed by atoms with Gasteiger partial charge in [-0.3, -0.25) is 0 Å². The molecule has 19 heavy (non-hydrogen) atoms. The molecule has 2 aromatic rings. The molecule has 0 bridgehead atoms. The van der Waals surface area contributed by atoms with E-state index in [1.54, 1.807) is 0 Å². The molecule has 2 rings (SSSR count). The van der Waals surface area contributed by atoms with Crippen LogP contribution in [0, 0.1) is 5.82 Å². The van der Waals surface area contributed by atoms with Crippen molar-refractivity contribution in [3.05, 3.63) is 40.3 Å². The Morgan fingerprint density at radius 1 is 1.53 bits per heavy atom. The molecule has 1 aromatic carbocycles. The van der Waals surface area contributed by atoms with E-state index < -0.39 is 11.8 Å². The highest BCUT2D eigenvalue weighted by atomic mass is 35.5. The molecule has 0 amide bonds. The molecular weight excluding hydrogens is 269 g/mol. The number of halogens is 2. The quantitative estimate of drug-likeness (QED) is 0.915. The minimum Gasteiger partial charge on any atom is -0.478 e. The van der Waals surface area contributed by atoms with Gasteiger partial charge in [0, 0.05) is 11.1 Å². The number of carbonyl (C=O) groups is 1. The fourth-order valence-corrected chi connectivity index (χ4v) is 2.17. The van der Waals surface area contributed by atoms with Gasteiger partial charge in [0.2, 0.25) is 0 Å². The number of aromatic carboxylic acids is 1. The highest BCUT2D eigenvalue weighted by Crippen LogP contribution is 2.30. The van der Waals surface area contributed by atoms with E-state index in [2.05, 4.69) is 4.98 Å². The molecule has 0 aliphatic heterocycles. The number of hydrogen-bond acceptors (Lipinski definition) is 2. The van der Waals surface area contributed by atoms with Crippen LogP contribution in [-0.4, -0.2) is 16.1 Å². The van der Waals surface area contributed by atoms with Gasteiger partial charge in [0.15, 0.2) is 0 Å². The van der Waals surface area contributed by atoms with E-state index >= 15 is 0 Å². The topological polar surface area (TPSA) is 50.2 Å². The third-order valence-corrected chi connectivity index (χ3v) is 3.54. The summed E-state index contributed by atoms with van der Waals surface area (Å²) in [4.78, 5) is 15.6. The van der Waals surface area contributed by atoms with Gasteiger partial charge in [-0.05, 0) is 30.5 Å². The van der Waals surface area contributed by atoms with Gasteiger partial charge in [0.1, 0.15) is 11.3 Å². The largest absolute Gasteiger partial charge is 0.478 e. The lowest BCUT2D eigenvalue weighted by Crippen LogP contribution is -2.05. The Morgan fingerprint density at radius 3 is 2.79 bits per heavy atom. The van der Waals surface area contributed by atoms with E-state index in [1.165, 1.54) is 18.2 Å². The molecule has 1 N–H and O–H groups in total. The first-order valence-electron chi connectivity index (χ1n) is 5.97. The van der Waals surface area contributed by atoms with Crippen LogP contribution in [0.15, 0.2) is 18.2 Å². The molecule has 0 spiro atoms. The molecule has 1 heterocycles. The molecule has 5 heteroatoms. The first kappa shape index (κ1) is 13.7. The van der Waals surface area contributed by atoms with Crippen LogP contribution in [0.3, 0.4) is 0 Å². The molecule has 3 nitrogen and oxygen atoms in total. The van der Waals surface area contributed by atoms with E-state index in [4.69, 9.17) is 11.6 Å². The van der Waals surface area contributed by atoms with E-state index in [1.807, 2.05) is 13.8 Å². The summed E-state index contributed by atoms with van der Waals surface area (Å²) < 4.78 is 13.8. The Bertz CT molecular complexity index is 657. The minimum atomic E-state index is -1.13. The minimum absolute atomic E-state index is 0.00944. The van der Waals surface area contributed by atoms with Gasteiger partial charge in [-0.2, -0.15) is 0 Å². The Hall–Kier alpha value is -1.68. The van der Waals surface area contributed by atoms with E-state index in [-0.39, 0.29) is 27.4 Å². The van der Waals surface area contributed by atoms with Gasteiger partial charge in [0.05, 0.1) is 10.6 Å². The Labute approximate surface area is 115 Å². The van der Waals surface area contributed by atoms with Gasteiger partial charge in [-0.1, -0.05) is 25.4 Å². The van der Waals surface area contributed by atoms with Crippen molar-refractivity contribution in [1.82, 2.24) is 4.98 Å². The Balaban J connectivity index is 2.87. The first-order valence-corrected chi connectivity index (χ1v) is 6.35. The van der Waals surface area contributed by atoms with Gasteiger partial charge in [0.25, 0.3) is 0 Å². The zero-order valence-electron chi connectivity index (χ0n) is 10.6. The molecule has 0 saturated carbocycles. The molecule has 0 aliphatic rings. The standard InChI is InChI=1S/C14H13ClFNO2/c1-3-7(2)11-6-8(14(18)19)12-9(15)4-5-10(16)13(12)17-11/h4-7H,3H2,1-2H3,(H,18,19). The maximum Gasteiger partial charge on any atom is 0.336 e. The van der Waals surface area contributed by atoms with Gasteiger partial charge < -0.3 is 5.11 Å². The number of benzene rings is 1. The molecule has 1 aromatic heterocycles. The summed E-state index contributed by atoms with van der Waals surface area (Å²) in [7, 11) is 0. The van der Waals surface area contributed by atoms with E-state index in [0.29, 0.717) is 5.69 Å². The number of fused-ring (bicyclic) bond motifs is 1. The number of pyridine rings is 1. The third kappa shape index (κ3) is 2.40. The molecule has 0 radical (unpaired) electrons. The monoisotopic (exact) mass is 281 g/mol. The maximum atomic E-state index is 13.8. The molecule has 1 unspecified atom stereocenters. The second kappa shape index (κ2) is 5.13. The first-order chi connectivity index (χ1) is 8.95. The number of nitrogens with zero attached hydrogens (tertiary/aromatic N) is 1. The maximum absolute atomic E-state index is 13.8. The fourth-order valence-electron chi connectivity index (χ4n) is 1.92. The Morgan fingerprint density at radius 2 is 2.21 bits per heavy atom. The summed E-state index contributed by atoms with van der Waals surface area (Å²) in [6.45, 7) is 3.88. The molecule has 1 atom stereocenters. The van der Waals surface area contributed by atoms with Crippen molar-refractivity contribution in [2.45, 2.75) is 26.2 Å². The normalized spacial score (nSPS) is 12.6. The zero-order valence-corrected chi connectivity index (χ0v) is 11.3. The number of aromatic nitrogens is 1. The summed E-state index contributed by atoms with van der Waals surface area (Å²) in [6.07, 6.45) is 0.791. The third-order valence-electron chi connectivity index (χ3n) is 3.23. The van der Waals surface area contributed by atoms with Crippen molar-refractivity contribution in [3.63, 3.8) is 0 Å². The van der Waals surface area contributed by atoms with Crippen LogP contribution < -0.4 is 0 Å². The summed E-state index contributed by atoms with van der Waals surface area (Å²) >= 11 is 5.97. The van der Waals surface area contributed by atoms with Crippen molar-refractivity contribution < 1.29 is 14.3 Å². The highest BCUT2D eigenvalue weighted by Gasteiger charge is 2.19. The van der Waals surface area contributed by atoms with Crippen LogP contribution >= 0.6 is 11.6 Å². The average Bonchev–Trinajstić information content (AvgIpc) is 2.40. The molecular formula is C14H13ClFNO2. The van der Waals surface area contributed by atoms with Crippen LogP contribution in [0.25, 0.3) is 10.9 Å². The summed E-state index contributed by atoms with van der Waals surface area (Å²) in [5.74, 6) is -1.64. The number of hydrogen-bond donors (Lipinski definition) is 1. The molecule has 0 saturated heterocycles. The van der Waals surface area contributed by atoms with Gasteiger partial charge in [-0.15, -0.1) is 0 Å². The Kier molecular flexibility index (Phi) is 3.71. The lowest BCUT2D eigenvalue weighted by atomic mass is 9.99. The van der Waals surface area contributed by atoms with Crippen LogP contribution in [0.2, 0.25) is 5.02 Å². The van der Waals surface area contributed by atoms with Crippen LogP contribution in [0.1, 0.15) is 42.2 Å². The van der Waals surface area contributed by atoms with Crippen molar-refractivity contribution in [3.8, 4) is 0 Å². The van der Waals surface area contributed by atoms with Gasteiger partial charge >= 0.3 is 5.97 Å².